The first-order valence-electron chi connectivity index (χ1n) is 8.80. The van der Waals surface area contributed by atoms with Crippen molar-refractivity contribution in [2.45, 2.75) is 37.8 Å². The maximum absolute atomic E-state index is 12.6. The summed E-state index contributed by atoms with van der Waals surface area (Å²) >= 11 is 1.28. The lowest BCUT2D eigenvalue weighted by molar-refractivity contribution is -0.129. The molecule has 0 saturated carbocycles. The van der Waals surface area contributed by atoms with Crippen LogP contribution in [0.1, 0.15) is 23.6 Å². The monoisotopic (exact) mass is 381 g/mol. The summed E-state index contributed by atoms with van der Waals surface area (Å²) in [5.74, 6) is 0.493. The molecule has 2 aromatic carbocycles. The summed E-state index contributed by atoms with van der Waals surface area (Å²) in [6.07, 6.45) is 0. The molecule has 0 fully saturated rings. The van der Waals surface area contributed by atoms with E-state index in [-0.39, 0.29) is 11.2 Å². The number of carbonyl (C=O) groups is 1. The topological polar surface area (TPSA) is 59.2 Å². The fourth-order valence-corrected chi connectivity index (χ4v) is 3.49. The summed E-state index contributed by atoms with van der Waals surface area (Å²) in [7, 11) is 1.81. The first-order valence-corrected chi connectivity index (χ1v) is 9.68. The molecule has 0 unspecified atom stereocenters. The van der Waals surface area contributed by atoms with Crippen molar-refractivity contribution in [1.29, 1.82) is 0 Å². The number of hydrogen-bond donors (Lipinski definition) is 0. The van der Waals surface area contributed by atoms with Crippen LogP contribution >= 0.6 is 11.8 Å². The highest BCUT2D eigenvalue weighted by Crippen LogP contribution is 2.28. The number of benzene rings is 2. The molecule has 1 aromatic heterocycles. The average molecular weight is 382 g/mol. The van der Waals surface area contributed by atoms with Gasteiger partial charge in [0.25, 0.3) is 5.22 Å². The molecule has 0 aliphatic rings. The normalized spacial score (nSPS) is 12.0. The third kappa shape index (κ3) is 4.77. The third-order valence-electron chi connectivity index (χ3n) is 4.42. The largest absolute Gasteiger partial charge is 0.411 e. The molecule has 1 heterocycles. The summed E-state index contributed by atoms with van der Waals surface area (Å²) in [4.78, 5) is 14.3. The minimum Gasteiger partial charge on any atom is -0.411 e. The van der Waals surface area contributed by atoms with Crippen molar-refractivity contribution in [2.75, 3.05) is 7.05 Å². The number of hydrogen-bond acceptors (Lipinski definition) is 5. The van der Waals surface area contributed by atoms with Crippen LogP contribution in [0.4, 0.5) is 0 Å². The molecule has 27 heavy (non-hydrogen) atoms. The molecule has 0 N–H and O–H groups in total. The van der Waals surface area contributed by atoms with Crippen LogP contribution in [-0.4, -0.2) is 33.3 Å². The van der Waals surface area contributed by atoms with Gasteiger partial charge in [-0.25, -0.2) is 0 Å². The molecular weight excluding hydrogens is 358 g/mol. The Morgan fingerprint density at radius 3 is 2.56 bits per heavy atom. The van der Waals surface area contributed by atoms with E-state index in [0.29, 0.717) is 17.7 Å². The van der Waals surface area contributed by atoms with Gasteiger partial charge in [-0.1, -0.05) is 48.2 Å². The number of aromatic nitrogens is 2. The first kappa shape index (κ1) is 19.2. The second-order valence-electron chi connectivity index (χ2n) is 6.61. The molecule has 3 aromatic rings. The minimum absolute atomic E-state index is 0.0229. The Kier molecular flexibility index (Phi) is 5.96. The zero-order valence-corrected chi connectivity index (χ0v) is 16.8. The molecule has 0 aliphatic heterocycles. The molecule has 3 rings (SSSR count). The van der Waals surface area contributed by atoms with E-state index in [4.69, 9.17) is 4.42 Å². The van der Waals surface area contributed by atoms with Gasteiger partial charge in [0.05, 0.1) is 5.25 Å². The fourth-order valence-electron chi connectivity index (χ4n) is 2.70. The average Bonchev–Trinajstić information content (AvgIpc) is 3.12. The molecule has 0 spiro atoms. The van der Waals surface area contributed by atoms with E-state index in [2.05, 4.69) is 17.1 Å². The molecule has 1 atom stereocenters. The molecule has 0 bridgehead atoms. The Morgan fingerprint density at radius 1 is 1.11 bits per heavy atom. The predicted octanol–water partition coefficient (Wildman–Crippen LogP) is 4.49. The van der Waals surface area contributed by atoms with Crippen LogP contribution in [0.5, 0.6) is 0 Å². The molecule has 1 amide bonds. The summed E-state index contributed by atoms with van der Waals surface area (Å²) in [6, 6.07) is 16.0. The van der Waals surface area contributed by atoms with Gasteiger partial charge in [-0.15, -0.1) is 10.2 Å². The first-order chi connectivity index (χ1) is 12.9. The van der Waals surface area contributed by atoms with Gasteiger partial charge in [0.2, 0.25) is 11.8 Å². The fraction of sp³-hybridized carbons (Fsp3) is 0.286. The summed E-state index contributed by atoms with van der Waals surface area (Å²) in [6.45, 7) is 6.54. The lowest BCUT2D eigenvalue weighted by Crippen LogP contribution is -2.32. The third-order valence-corrected chi connectivity index (χ3v) is 5.35. The Bertz CT molecular complexity index is 924. The lowest BCUT2D eigenvalue weighted by Gasteiger charge is -2.20. The van der Waals surface area contributed by atoms with Crippen molar-refractivity contribution in [3.8, 4) is 11.5 Å². The number of carbonyl (C=O) groups excluding carboxylic acids is 1. The second-order valence-corrected chi connectivity index (χ2v) is 7.90. The zero-order valence-electron chi connectivity index (χ0n) is 16.0. The summed E-state index contributed by atoms with van der Waals surface area (Å²) < 4.78 is 5.75. The van der Waals surface area contributed by atoms with E-state index in [9.17, 15) is 4.79 Å². The van der Waals surface area contributed by atoms with E-state index in [1.807, 2.05) is 62.4 Å². The highest BCUT2D eigenvalue weighted by atomic mass is 32.2. The van der Waals surface area contributed by atoms with Crippen LogP contribution < -0.4 is 0 Å². The molecule has 140 valence electrons. The summed E-state index contributed by atoms with van der Waals surface area (Å²) in [5, 5.41) is 8.29. The highest BCUT2D eigenvalue weighted by Gasteiger charge is 2.22. The van der Waals surface area contributed by atoms with Crippen molar-refractivity contribution in [2.24, 2.45) is 0 Å². The molecule has 6 heteroatoms. The molecule has 0 saturated heterocycles. The number of rotatable bonds is 6. The van der Waals surface area contributed by atoms with Crippen molar-refractivity contribution >= 4 is 17.7 Å². The van der Waals surface area contributed by atoms with Gasteiger partial charge in [0.1, 0.15) is 0 Å². The summed E-state index contributed by atoms with van der Waals surface area (Å²) in [5.41, 5.74) is 4.37. The van der Waals surface area contributed by atoms with E-state index < -0.39 is 0 Å². The van der Waals surface area contributed by atoms with Gasteiger partial charge in [-0.3, -0.25) is 4.79 Å². The lowest BCUT2D eigenvalue weighted by atomic mass is 10.1. The van der Waals surface area contributed by atoms with Gasteiger partial charge in [0.15, 0.2) is 0 Å². The van der Waals surface area contributed by atoms with E-state index in [1.54, 1.807) is 11.9 Å². The van der Waals surface area contributed by atoms with Gasteiger partial charge < -0.3 is 9.32 Å². The Morgan fingerprint density at radius 2 is 1.85 bits per heavy atom. The minimum atomic E-state index is -0.313. The van der Waals surface area contributed by atoms with Crippen molar-refractivity contribution in [3.05, 3.63) is 65.2 Å². The van der Waals surface area contributed by atoms with Crippen LogP contribution in [0.2, 0.25) is 0 Å². The Hall–Kier alpha value is -2.60. The number of aryl methyl sites for hydroxylation is 2. The highest BCUT2D eigenvalue weighted by molar-refractivity contribution is 8.00. The molecule has 0 aliphatic carbocycles. The van der Waals surface area contributed by atoms with Gasteiger partial charge in [0, 0.05) is 19.2 Å². The maximum atomic E-state index is 12.6. The van der Waals surface area contributed by atoms with Crippen LogP contribution in [0, 0.1) is 13.8 Å². The smallest absolute Gasteiger partial charge is 0.277 e. The van der Waals surface area contributed by atoms with E-state index in [0.717, 1.165) is 11.1 Å². The Labute approximate surface area is 163 Å². The SMILES string of the molecule is Cc1ccc(-c2nnc(S[C@H](C)C(=O)N(C)Cc3ccccc3)o2)cc1C. The van der Waals surface area contributed by atoms with Crippen molar-refractivity contribution in [1.82, 2.24) is 15.1 Å². The number of nitrogens with zero attached hydrogens (tertiary/aromatic N) is 3. The molecule has 0 radical (unpaired) electrons. The van der Waals surface area contributed by atoms with Crippen LogP contribution in [0.15, 0.2) is 58.2 Å². The van der Waals surface area contributed by atoms with Gasteiger partial charge in [-0.2, -0.15) is 0 Å². The predicted molar refractivity (Wildman–Crippen MR) is 107 cm³/mol. The Balaban J connectivity index is 1.63. The maximum Gasteiger partial charge on any atom is 0.277 e. The standard InChI is InChI=1S/C21H23N3O2S/c1-14-10-11-18(12-15(14)2)19-22-23-21(26-19)27-16(3)20(25)24(4)13-17-8-6-5-7-9-17/h5-12,16H,13H2,1-4H3/t16-/m1/s1. The van der Waals surface area contributed by atoms with Crippen LogP contribution in [0.25, 0.3) is 11.5 Å². The molecule has 5 nitrogen and oxygen atoms in total. The van der Waals surface area contributed by atoms with Crippen LogP contribution in [-0.2, 0) is 11.3 Å². The number of thioether (sulfide) groups is 1. The van der Waals surface area contributed by atoms with Crippen molar-refractivity contribution in [3.63, 3.8) is 0 Å². The van der Waals surface area contributed by atoms with E-state index >= 15 is 0 Å². The quantitative estimate of drug-likeness (QED) is 0.589. The van der Waals surface area contributed by atoms with Crippen LogP contribution in [0.3, 0.4) is 0 Å². The van der Waals surface area contributed by atoms with Crippen molar-refractivity contribution < 1.29 is 9.21 Å². The van der Waals surface area contributed by atoms with Gasteiger partial charge in [-0.05, 0) is 49.6 Å². The molecular formula is C21H23N3O2S. The second kappa shape index (κ2) is 8.39. The van der Waals surface area contributed by atoms with Gasteiger partial charge >= 0.3 is 0 Å². The van der Waals surface area contributed by atoms with E-state index in [1.165, 1.54) is 22.9 Å². The number of amides is 1. The zero-order chi connectivity index (χ0) is 19.4.